The summed E-state index contributed by atoms with van der Waals surface area (Å²) in [5.74, 6) is -6.84. The topological polar surface area (TPSA) is 201 Å². The fraction of sp³-hybridized carbons (Fsp3) is 0.511. The van der Waals surface area contributed by atoms with Gasteiger partial charge >= 0.3 is 30.9 Å². The van der Waals surface area contributed by atoms with Crippen LogP contribution in [0.4, 0.5) is 13.6 Å². The number of nitrogens with zero attached hydrogens (tertiary/aromatic N) is 3. The monoisotopic (exact) mass is 924 g/mol. The molecule has 5 amide bonds. The normalized spacial score (nSPS) is 23.0. The van der Waals surface area contributed by atoms with E-state index in [0.29, 0.717) is 17.2 Å². The predicted octanol–water partition coefficient (Wildman–Crippen LogP) is 4.70. The Labute approximate surface area is 383 Å². The number of pyridine rings is 1. The molecule has 3 saturated carbocycles. The summed E-state index contributed by atoms with van der Waals surface area (Å²) < 4.78 is 62.1. The first kappa shape index (κ1) is 49.1. The molecule has 2 unspecified atom stereocenters. The van der Waals surface area contributed by atoms with Gasteiger partial charge in [-0.05, 0) is 81.4 Å². The summed E-state index contributed by atoms with van der Waals surface area (Å²) in [6.07, 6.45) is 2.26. The van der Waals surface area contributed by atoms with Crippen LogP contribution in [-0.4, -0.2) is 108 Å². The van der Waals surface area contributed by atoms with E-state index in [1.54, 1.807) is 20.8 Å². The maximum absolute atomic E-state index is 16.3. The lowest BCUT2D eigenvalue weighted by Gasteiger charge is -2.64. The van der Waals surface area contributed by atoms with Crippen molar-refractivity contribution >= 4 is 49.2 Å². The van der Waals surface area contributed by atoms with Gasteiger partial charge in [0.2, 0.25) is 5.91 Å². The molecule has 0 radical (unpaired) electrons. The van der Waals surface area contributed by atoms with E-state index < -0.39 is 82.9 Å². The Morgan fingerprint density at radius 2 is 1.74 bits per heavy atom. The molecular weight excluding hydrogens is 869 g/mol. The molecule has 8 rings (SSSR count). The molecule has 2 aliphatic heterocycles. The van der Waals surface area contributed by atoms with Gasteiger partial charge in [-0.25, -0.2) is 18.4 Å². The summed E-state index contributed by atoms with van der Waals surface area (Å²) in [4.78, 5) is 74.3. The number of carbonyl (C=O) groups excluding carboxylic acids is 5. The molecule has 2 saturated heterocycles. The molecule has 16 nitrogen and oxygen atoms in total. The number of benzene rings is 2. The van der Waals surface area contributed by atoms with E-state index in [1.807, 2.05) is 37.3 Å². The highest BCUT2D eigenvalue weighted by molar-refractivity contribution is 6.48. The summed E-state index contributed by atoms with van der Waals surface area (Å²) in [6.45, 7) is 11.3. The molecular formula is C45H56BClF2N6O10. The molecule has 3 aromatic rings. The van der Waals surface area contributed by atoms with Crippen molar-refractivity contribution in [2.45, 2.75) is 96.7 Å². The lowest BCUT2D eigenvalue weighted by Crippen LogP contribution is -2.65. The van der Waals surface area contributed by atoms with E-state index in [0.717, 1.165) is 24.1 Å². The van der Waals surface area contributed by atoms with Crippen LogP contribution in [0.5, 0.6) is 11.5 Å². The molecule has 20 heteroatoms. The lowest BCUT2D eigenvalue weighted by atomic mass is 9.43. The van der Waals surface area contributed by atoms with Crippen molar-refractivity contribution in [2.75, 3.05) is 33.3 Å². The zero-order valence-electron chi connectivity index (χ0n) is 37.5. The van der Waals surface area contributed by atoms with Crippen molar-refractivity contribution in [1.82, 2.24) is 25.4 Å². The average molecular weight is 925 g/mol. The quantitative estimate of drug-likeness (QED) is 0.115. The maximum Gasteiger partial charge on any atom is 0.482 e. The lowest BCUT2D eigenvalue weighted by molar-refractivity contribution is -0.199. The molecule has 0 spiro atoms. The number of urea groups is 1. The third-order valence-corrected chi connectivity index (χ3v) is 12.9. The van der Waals surface area contributed by atoms with Crippen LogP contribution in [-0.2, 0) is 41.5 Å². The Morgan fingerprint density at radius 1 is 1.02 bits per heavy atom. The van der Waals surface area contributed by atoms with E-state index >= 15 is 8.78 Å². The Hall–Kier alpha value is -5.37. The van der Waals surface area contributed by atoms with Crippen LogP contribution in [0, 0.1) is 28.9 Å². The summed E-state index contributed by atoms with van der Waals surface area (Å²) >= 11 is 0. The smallest absolute Gasteiger partial charge is 0.482 e. The van der Waals surface area contributed by atoms with Gasteiger partial charge in [0.15, 0.2) is 11.9 Å². The van der Waals surface area contributed by atoms with E-state index in [-0.39, 0.29) is 86.1 Å². The molecule has 3 heterocycles. The molecule has 2 bridgehead atoms. The van der Waals surface area contributed by atoms with Crippen LogP contribution in [0.2, 0.25) is 0 Å². The highest BCUT2D eigenvalue weighted by atomic mass is 35.5. The molecule has 3 aliphatic carbocycles. The number of imide groups is 1. The number of hydrogen-bond donors (Lipinski definition) is 3. The van der Waals surface area contributed by atoms with Gasteiger partial charge in [-0.15, -0.1) is 12.4 Å². The minimum absolute atomic E-state index is 0. The first-order chi connectivity index (χ1) is 30.2. The minimum atomic E-state index is -1.92. The van der Waals surface area contributed by atoms with Crippen molar-refractivity contribution < 1.29 is 56.3 Å². The molecule has 5 aliphatic rings. The molecule has 1 aromatic heterocycles. The van der Waals surface area contributed by atoms with E-state index in [1.165, 1.54) is 24.3 Å². The van der Waals surface area contributed by atoms with Crippen molar-refractivity contribution in [1.29, 1.82) is 0 Å². The van der Waals surface area contributed by atoms with Gasteiger partial charge in [0, 0.05) is 32.2 Å². The van der Waals surface area contributed by atoms with Crippen LogP contribution in [0.15, 0.2) is 54.7 Å². The van der Waals surface area contributed by atoms with Crippen LogP contribution < -0.4 is 25.8 Å². The number of rotatable bonds is 14. The number of aromatic nitrogens is 1. The van der Waals surface area contributed by atoms with E-state index in [4.69, 9.17) is 29.3 Å². The Balaban J connectivity index is 0.00000700. The van der Waals surface area contributed by atoms with Crippen molar-refractivity contribution in [3.8, 4) is 11.5 Å². The highest BCUT2D eigenvalue weighted by Crippen LogP contribution is 2.65. The third-order valence-electron chi connectivity index (χ3n) is 12.9. The van der Waals surface area contributed by atoms with Gasteiger partial charge in [0.1, 0.15) is 40.8 Å². The summed E-state index contributed by atoms with van der Waals surface area (Å²) in [7, 11) is 0.120. The molecule has 350 valence electrons. The number of halogens is 3. The predicted molar refractivity (Wildman–Crippen MR) is 235 cm³/mol. The zero-order valence-corrected chi connectivity index (χ0v) is 38.3. The highest BCUT2D eigenvalue weighted by Gasteiger charge is 2.68. The number of hydrogen-bond acceptors (Lipinski definition) is 12. The number of methoxy groups -OCH3 is 1. The second-order valence-electron chi connectivity index (χ2n) is 18.5. The second-order valence-corrected chi connectivity index (χ2v) is 18.5. The maximum atomic E-state index is 16.3. The largest absolute Gasteiger partial charge is 0.495 e. The SMILES string of the molecule is COc1c(CC(NC(=O)C(NC(=O)N2CCN(CCN)C(=O)C2=O)c2ncc(OCc3ccccc3)cc2F)B2O[C@@H]3C[C@@H]4C[C@@H](C4(C)C)[C@]3(C)O2)ccc(F)c1C(=O)OC(C)(C)C.Cl. The number of carbonyl (C=O) groups is 5. The molecule has 2 aromatic carbocycles. The van der Waals surface area contributed by atoms with Crippen LogP contribution in [0.3, 0.4) is 0 Å². The standard InChI is InChI=1S/C45H55BF2N6O10.ClH/c1-43(2,3)62-41(58)34-29(47)14-13-26(37(34)60-7)19-33(46-63-32-21-27-20-31(44(27,4)5)45(32,6)64-46)51-38(55)36(52-42(59)54-18-17-53(16-15-49)39(56)40(54)57)35-30(48)22-28(23-50-35)61-24-25-11-9-8-10-12-25;/h8-14,22-23,27,31-33,36H,15-21,24,49H2,1-7H3,(H,51,55)(H,52,59);1H/t27-,31-,32+,33?,36?,45-;/m0./s1. The van der Waals surface area contributed by atoms with E-state index in [2.05, 4.69) is 29.5 Å². The van der Waals surface area contributed by atoms with Crippen molar-refractivity contribution in [3.05, 3.63) is 88.7 Å². The van der Waals surface area contributed by atoms with Gasteiger partial charge in [-0.2, -0.15) is 0 Å². The molecule has 5 fully saturated rings. The van der Waals surface area contributed by atoms with Crippen molar-refractivity contribution in [2.24, 2.45) is 23.0 Å². The zero-order chi connectivity index (χ0) is 46.3. The van der Waals surface area contributed by atoms with Gasteiger partial charge < -0.3 is 44.8 Å². The van der Waals surface area contributed by atoms with Gasteiger partial charge in [0.05, 0.1) is 31.0 Å². The minimum Gasteiger partial charge on any atom is -0.495 e. The number of ether oxygens (including phenoxy) is 3. The molecule has 4 N–H and O–H groups in total. The van der Waals surface area contributed by atoms with Crippen LogP contribution in [0.1, 0.15) is 87.6 Å². The fourth-order valence-corrected chi connectivity index (χ4v) is 9.46. The average Bonchev–Trinajstić information content (AvgIpc) is 3.61. The number of esters is 1. The molecule has 65 heavy (non-hydrogen) atoms. The van der Waals surface area contributed by atoms with Gasteiger partial charge in [-0.3, -0.25) is 24.3 Å². The van der Waals surface area contributed by atoms with Crippen molar-refractivity contribution in [3.63, 3.8) is 0 Å². The van der Waals surface area contributed by atoms with Crippen LogP contribution >= 0.6 is 12.4 Å². The summed E-state index contributed by atoms with van der Waals surface area (Å²) in [5.41, 5.74) is 3.87. The second kappa shape index (κ2) is 19.2. The Bertz CT molecular complexity index is 2310. The number of nitrogens with one attached hydrogen (secondary N) is 2. The first-order valence-electron chi connectivity index (χ1n) is 21.4. The number of piperazine rings is 1. The Morgan fingerprint density at radius 3 is 2.38 bits per heavy atom. The number of amides is 5. The van der Waals surface area contributed by atoms with E-state index in [9.17, 15) is 24.0 Å². The summed E-state index contributed by atoms with van der Waals surface area (Å²) in [6, 6.07) is 9.54. The fourth-order valence-electron chi connectivity index (χ4n) is 9.46. The third kappa shape index (κ3) is 9.93. The van der Waals surface area contributed by atoms with Gasteiger partial charge in [0.25, 0.3) is 0 Å². The van der Waals surface area contributed by atoms with Gasteiger partial charge in [-0.1, -0.05) is 50.2 Å². The number of nitrogens with two attached hydrogens (primary N) is 1. The summed E-state index contributed by atoms with van der Waals surface area (Å²) in [5, 5.41) is 5.31. The first-order valence-corrected chi connectivity index (χ1v) is 21.4. The van der Waals surface area contributed by atoms with Crippen LogP contribution in [0.25, 0.3) is 0 Å². The molecule has 6 atom stereocenters. The Kier molecular flexibility index (Phi) is 14.5.